The lowest BCUT2D eigenvalue weighted by Crippen LogP contribution is -2.25. The summed E-state index contributed by atoms with van der Waals surface area (Å²) in [5.74, 6) is 1.12. The van der Waals surface area contributed by atoms with Crippen LogP contribution >= 0.6 is 0 Å². The summed E-state index contributed by atoms with van der Waals surface area (Å²) in [6.07, 6.45) is 3.32. The number of imidazole rings is 1. The molecule has 5 aromatic rings. The van der Waals surface area contributed by atoms with Gasteiger partial charge in [0, 0.05) is 36.3 Å². The zero-order valence-electron chi connectivity index (χ0n) is 20.2. The van der Waals surface area contributed by atoms with Gasteiger partial charge in [-0.05, 0) is 61.0 Å². The second-order valence-electron chi connectivity index (χ2n) is 8.21. The smallest absolute Gasteiger partial charge is 0.319 e. The molecule has 0 fully saturated rings. The number of carbonyl (C=O) groups is 2. The Morgan fingerprint density at radius 1 is 0.865 bits per heavy atom. The lowest BCUT2D eigenvalue weighted by molar-refractivity contribution is 0.102. The molecule has 0 spiro atoms. The molecule has 0 aliphatic carbocycles. The highest BCUT2D eigenvalue weighted by molar-refractivity contribution is 6.05. The highest BCUT2D eigenvalue weighted by Gasteiger charge is 2.15. The maximum absolute atomic E-state index is 13.0. The first-order valence-corrected chi connectivity index (χ1v) is 11.6. The van der Waals surface area contributed by atoms with E-state index in [4.69, 9.17) is 4.74 Å². The van der Waals surface area contributed by atoms with Gasteiger partial charge in [0.2, 0.25) is 0 Å². The van der Waals surface area contributed by atoms with Crippen LogP contribution in [-0.4, -0.2) is 33.6 Å². The van der Waals surface area contributed by atoms with Crippen LogP contribution in [-0.2, 0) is 0 Å². The van der Waals surface area contributed by atoms with Gasteiger partial charge >= 0.3 is 6.03 Å². The molecule has 0 saturated carbocycles. The summed E-state index contributed by atoms with van der Waals surface area (Å²) >= 11 is 0. The number of nitrogens with zero attached hydrogens (tertiary/aromatic N) is 3. The number of urea groups is 1. The van der Waals surface area contributed by atoms with Crippen molar-refractivity contribution in [2.24, 2.45) is 0 Å². The predicted octanol–water partition coefficient (Wildman–Crippen LogP) is 5.50. The molecule has 3 amide bonds. The number of ether oxygens (including phenoxy) is 1. The second kappa shape index (κ2) is 10.2. The van der Waals surface area contributed by atoms with E-state index < -0.39 is 0 Å². The third kappa shape index (κ3) is 5.10. The van der Waals surface area contributed by atoms with Crippen molar-refractivity contribution in [3.8, 4) is 22.8 Å². The quantitative estimate of drug-likeness (QED) is 0.290. The minimum Gasteiger partial charge on any atom is -0.457 e. The molecule has 0 radical (unpaired) electrons. The lowest BCUT2D eigenvalue weighted by Gasteiger charge is -2.14. The minimum absolute atomic E-state index is 0.244. The van der Waals surface area contributed by atoms with E-state index in [0.29, 0.717) is 34.0 Å². The first-order valence-electron chi connectivity index (χ1n) is 11.6. The van der Waals surface area contributed by atoms with Gasteiger partial charge in [0.1, 0.15) is 11.5 Å². The summed E-state index contributed by atoms with van der Waals surface area (Å²) in [6.45, 7) is 1.91. The Morgan fingerprint density at radius 3 is 2.38 bits per heavy atom. The molecule has 2 aromatic heterocycles. The van der Waals surface area contributed by atoms with Gasteiger partial charge in [-0.1, -0.05) is 30.3 Å². The maximum atomic E-state index is 13.0. The molecule has 0 saturated heterocycles. The van der Waals surface area contributed by atoms with E-state index in [2.05, 4.69) is 26.0 Å². The minimum atomic E-state index is -0.361. The number of hydrogen-bond acceptors (Lipinski definition) is 5. The summed E-state index contributed by atoms with van der Waals surface area (Å²) in [5.41, 5.74) is 4.45. The largest absolute Gasteiger partial charge is 0.457 e. The van der Waals surface area contributed by atoms with Crippen molar-refractivity contribution in [1.29, 1.82) is 0 Å². The second-order valence-corrected chi connectivity index (χ2v) is 8.21. The number of rotatable bonds is 6. The standard InChI is InChI=1S/C28H24N6O3/c1-18-22(24-17-25(32-28(36)29-2)26-30-15-16-34(26)33-24)9-6-10-23(18)31-27(35)19-11-13-21(14-12-19)37-20-7-4-3-5-8-20/h3-17H,1-2H3,(H,31,35)(H2,29,32,36). The summed E-state index contributed by atoms with van der Waals surface area (Å²) < 4.78 is 7.41. The molecule has 0 aliphatic rings. The van der Waals surface area contributed by atoms with Gasteiger partial charge in [0.25, 0.3) is 5.91 Å². The topological polar surface area (TPSA) is 110 Å². The third-order valence-electron chi connectivity index (χ3n) is 5.79. The average Bonchev–Trinajstić information content (AvgIpc) is 3.40. The Hall–Kier alpha value is -5.18. The molecule has 5 rings (SSSR count). The molecule has 9 nitrogen and oxygen atoms in total. The summed E-state index contributed by atoms with van der Waals surface area (Å²) in [7, 11) is 1.54. The number of aromatic nitrogens is 3. The van der Waals surface area contributed by atoms with E-state index >= 15 is 0 Å². The Balaban J connectivity index is 1.38. The van der Waals surface area contributed by atoms with Crippen molar-refractivity contribution in [1.82, 2.24) is 19.9 Å². The normalized spacial score (nSPS) is 10.6. The number of benzene rings is 3. The van der Waals surface area contributed by atoms with Gasteiger partial charge in [0.05, 0.1) is 11.4 Å². The van der Waals surface area contributed by atoms with Gasteiger partial charge in [-0.2, -0.15) is 5.10 Å². The van der Waals surface area contributed by atoms with Crippen molar-refractivity contribution >= 4 is 29.0 Å². The molecule has 0 atom stereocenters. The maximum Gasteiger partial charge on any atom is 0.319 e. The Kier molecular flexibility index (Phi) is 6.50. The number of fused-ring (bicyclic) bond motifs is 1. The molecule has 0 unspecified atom stereocenters. The van der Waals surface area contributed by atoms with Crippen molar-refractivity contribution in [2.45, 2.75) is 6.92 Å². The fourth-order valence-corrected chi connectivity index (χ4v) is 3.87. The molecule has 0 aliphatic heterocycles. The Labute approximate surface area is 213 Å². The molecule has 2 heterocycles. The van der Waals surface area contributed by atoms with E-state index in [0.717, 1.165) is 16.9 Å². The van der Waals surface area contributed by atoms with Crippen molar-refractivity contribution in [3.05, 3.63) is 102 Å². The van der Waals surface area contributed by atoms with Crippen molar-refractivity contribution < 1.29 is 14.3 Å². The molecule has 184 valence electrons. The highest BCUT2D eigenvalue weighted by atomic mass is 16.5. The summed E-state index contributed by atoms with van der Waals surface area (Å²) in [6, 6.07) is 23.4. The van der Waals surface area contributed by atoms with Gasteiger partial charge in [-0.3, -0.25) is 4.79 Å². The van der Waals surface area contributed by atoms with Gasteiger partial charge < -0.3 is 20.7 Å². The van der Waals surface area contributed by atoms with Gasteiger partial charge in [0.15, 0.2) is 5.65 Å². The lowest BCUT2D eigenvalue weighted by atomic mass is 10.0. The van der Waals surface area contributed by atoms with Crippen LogP contribution in [0.4, 0.5) is 16.2 Å². The summed E-state index contributed by atoms with van der Waals surface area (Å²) in [5, 5.41) is 13.0. The Bertz CT molecular complexity index is 1580. The first kappa shape index (κ1) is 23.6. The van der Waals surface area contributed by atoms with Crippen molar-refractivity contribution in [2.75, 3.05) is 17.7 Å². The van der Waals surface area contributed by atoms with Gasteiger partial charge in [-0.25, -0.2) is 14.3 Å². The zero-order valence-corrected chi connectivity index (χ0v) is 20.2. The monoisotopic (exact) mass is 492 g/mol. The van der Waals surface area contributed by atoms with Crippen LogP contribution in [0.2, 0.25) is 0 Å². The fourth-order valence-electron chi connectivity index (χ4n) is 3.87. The summed E-state index contributed by atoms with van der Waals surface area (Å²) in [4.78, 5) is 29.2. The van der Waals surface area contributed by atoms with E-state index in [1.165, 1.54) is 0 Å². The van der Waals surface area contributed by atoms with E-state index in [-0.39, 0.29) is 11.9 Å². The Morgan fingerprint density at radius 2 is 1.62 bits per heavy atom. The SMILES string of the molecule is CNC(=O)Nc1cc(-c2cccc(NC(=O)c3ccc(Oc4ccccc4)cc3)c2C)nn2ccnc12. The van der Waals surface area contributed by atoms with Crippen molar-refractivity contribution in [3.63, 3.8) is 0 Å². The molecular formula is C28H24N6O3. The first-order chi connectivity index (χ1) is 18.0. The molecule has 3 aromatic carbocycles. The van der Waals surface area contributed by atoms with Gasteiger partial charge in [-0.15, -0.1) is 0 Å². The van der Waals surface area contributed by atoms with Crippen LogP contribution in [0.15, 0.2) is 91.3 Å². The molecular weight excluding hydrogens is 468 g/mol. The van der Waals surface area contributed by atoms with Crippen LogP contribution in [0.25, 0.3) is 16.9 Å². The number of para-hydroxylation sites is 1. The van der Waals surface area contributed by atoms with Crippen LogP contribution < -0.4 is 20.7 Å². The third-order valence-corrected chi connectivity index (χ3v) is 5.79. The van der Waals surface area contributed by atoms with E-state index in [1.807, 2.05) is 55.5 Å². The van der Waals surface area contributed by atoms with Crippen LogP contribution in [0.5, 0.6) is 11.5 Å². The number of hydrogen-bond donors (Lipinski definition) is 3. The van der Waals surface area contributed by atoms with E-state index in [9.17, 15) is 9.59 Å². The highest BCUT2D eigenvalue weighted by Crippen LogP contribution is 2.30. The predicted molar refractivity (Wildman–Crippen MR) is 142 cm³/mol. The van der Waals surface area contributed by atoms with Crippen LogP contribution in [0.3, 0.4) is 0 Å². The molecule has 0 bridgehead atoms. The molecule has 3 N–H and O–H groups in total. The number of anilines is 2. The molecule has 37 heavy (non-hydrogen) atoms. The molecule has 9 heteroatoms. The van der Waals surface area contributed by atoms with E-state index in [1.54, 1.807) is 54.3 Å². The fraction of sp³-hybridized carbons (Fsp3) is 0.0714. The number of carbonyl (C=O) groups excluding carboxylic acids is 2. The average molecular weight is 493 g/mol. The van der Waals surface area contributed by atoms with Crippen LogP contribution in [0.1, 0.15) is 15.9 Å². The number of nitrogens with one attached hydrogen (secondary N) is 3. The van der Waals surface area contributed by atoms with Crippen LogP contribution in [0, 0.1) is 6.92 Å². The zero-order chi connectivity index (χ0) is 25.8. The number of amides is 3.